The first-order chi connectivity index (χ1) is 15.9. The number of nitrogens with zero attached hydrogens (tertiary/aromatic N) is 1. The number of carbonyl (C=O) groups is 2. The number of aliphatic hydroxyl groups is 1. The number of halogens is 1. The number of ether oxygens (including phenoxy) is 3. The highest BCUT2D eigenvalue weighted by molar-refractivity contribution is 9.11. The molecule has 0 bridgehead atoms. The third kappa shape index (κ3) is 8.73. The topological polar surface area (TPSA) is 149 Å². The number of hydrogen-bond acceptors (Lipinski definition) is 8. The Labute approximate surface area is 205 Å². The standard InChI is InChI=1S/C22H32BrN3O8/c1-13(24-21(31)34-22(2,3)4)6-5-7-18(28)32-12-16-15(27)10-17(33-16)26-11-14(8-9-23)19(29)25-20(26)30/h8-9,11,13,15-17,27H,5-7,10,12H2,1-4H3,(H,24,31)(H,25,29,30)/b9-8+/t13?,15-,16+,17+/m0/s1. The average Bonchev–Trinajstić information content (AvgIpc) is 3.07. The predicted molar refractivity (Wildman–Crippen MR) is 127 cm³/mol. The number of aliphatic hydroxyl groups excluding tert-OH is 1. The molecule has 1 saturated heterocycles. The largest absolute Gasteiger partial charge is 0.463 e. The van der Waals surface area contributed by atoms with E-state index in [1.165, 1.54) is 21.8 Å². The summed E-state index contributed by atoms with van der Waals surface area (Å²) in [5, 5.41) is 13.0. The number of alkyl carbamates (subject to hydrolysis) is 1. The zero-order chi connectivity index (χ0) is 25.5. The van der Waals surface area contributed by atoms with Crippen molar-refractivity contribution in [1.82, 2.24) is 14.9 Å². The van der Waals surface area contributed by atoms with Crippen molar-refractivity contribution in [3.05, 3.63) is 37.6 Å². The number of aromatic nitrogens is 2. The number of amides is 1. The van der Waals surface area contributed by atoms with Crippen molar-refractivity contribution in [1.29, 1.82) is 0 Å². The van der Waals surface area contributed by atoms with E-state index in [1.54, 1.807) is 20.8 Å². The second-order valence-electron chi connectivity index (χ2n) is 9.10. The molecule has 0 saturated carbocycles. The Morgan fingerprint density at radius 3 is 2.76 bits per heavy atom. The second-order valence-corrected chi connectivity index (χ2v) is 9.63. The first kappa shape index (κ1) is 27.8. The number of hydrogen-bond donors (Lipinski definition) is 3. The Hall–Kier alpha value is -2.44. The van der Waals surface area contributed by atoms with Crippen molar-refractivity contribution >= 4 is 34.1 Å². The lowest BCUT2D eigenvalue weighted by atomic mass is 10.1. The van der Waals surface area contributed by atoms with Crippen LogP contribution in [-0.4, -0.2) is 57.2 Å². The summed E-state index contributed by atoms with van der Waals surface area (Å²) in [6.45, 7) is 6.97. The first-order valence-corrected chi connectivity index (χ1v) is 11.9. The highest BCUT2D eigenvalue weighted by atomic mass is 79.9. The molecule has 2 heterocycles. The summed E-state index contributed by atoms with van der Waals surface area (Å²) >= 11 is 3.08. The van der Waals surface area contributed by atoms with Crippen LogP contribution in [0.25, 0.3) is 6.08 Å². The van der Waals surface area contributed by atoms with Crippen LogP contribution in [0.5, 0.6) is 0 Å². The van der Waals surface area contributed by atoms with Gasteiger partial charge in [0.25, 0.3) is 5.56 Å². The number of H-pyrrole nitrogens is 1. The molecular formula is C22H32BrN3O8. The molecular weight excluding hydrogens is 514 g/mol. The summed E-state index contributed by atoms with van der Waals surface area (Å²) in [7, 11) is 0. The molecule has 1 aromatic rings. The summed E-state index contributed by atoms with van der Waals surface area (Å²) in [6.07, 6.45) is 1.00. The molecule has 0 spiro atoms. The number of esters is 1. The molecule has 0 aromatic carbocycles. The average molecular weight is 546 g/mol. The zero-order valence-corrected chi connectivity index (χ0v) is 21.3. The molecule has 0 radical (unpaired) electrons. The van der Waals surface area contributed by atoms with E-state index in [9.17, 15) is 24.3 Å². The molecule has 1 aromatic heterocycles. The SMILES string of the molecule is CC(CCCC(=O)OC[C@H]1O[C@@H](n2cc(/C=C/Br)c(=O)[nH]c2=O)C[C@@H]1O)NC(=O)OC(C)(C)C. The third-order valence-electron chi connectivity index (χ3n) is 4.94. The van der Waals surface area contributed by atoms with E-state index in [-0.39, 0.29) is 31.1 Å². The van der Waals surface area contributed by atoms with Crippen molar-refractivity contribution in [2.24, 2.45) is 0 Å². The van der Waals surface area contributed by atoms with Gasteiger partial charge >= 0.3 is 17.8 Å². The third-order valence-corrected chi connectivity index (χ3v) is 5.21. The minimum atomic E-state index is -0.954. The summed E-state index contributed by atoms with van der Waals surface area (Å²) in [4.78, 5) is 51.5. The second kappa shape index (κ2) is 12.3. The van der Waals surface area contributed by atoms with Crippen LogP contribution in [0.2, 0.25) is 0 Å². The van der Waals surface area contributed by atoms with Crippen LogP contribution < -0.4 is 16.6 Å². The van der Waals surface area contributed by atoms with Gasteiger partial charge in [0.05, 0.1) is 11.7 Å². The van der Waals surface area contributed by atoms with Crippen LogP contribution in [0.15, 0.2) is 20.8 Å². The molecule has 1 aliphatic heterocycles. The van der Waals surface area contributed by atoms with Crippen LogP contribution in [0.4, 0.5) is 4.79 Å². The fourth-order valence-electron chi connectivity index (χ4n) is 3.32. The molecule has 1 amide bonds. The van der Waals surface area contributed by atoms with Crippen molar-refractivity contribution in [3.8, 4) is 0 Å². The molecule has 190 valence electrons. The van der Waals surface area contributed by atoms with E-state index < -0.39 is 47.3 Å². The lowest BCUT2D eigenvalue weighted by Crippen LogP contribution is -2.37. The van der Waals surface area contributed by atoms with Gasteiger partial charge < -0.3 is 24.6 Å². The Balaban J connectivity index is 1.78. The predicted octanol–water partition coefficient (Wildman–Crippen LogP) is 2.18. The van der Waals surface area contributed by atoms with Crippen LogP contribution in [-0.2, 0) is 19.0 Å². The van der Waals surface area contributed by atoms with E-state index in [0.717, 1.165) is 0 Å². The van der Waals surface area contributed by atoms with Crippen molar-refractivity contribution in [3.63, 3.8) is 0 Å². The van der Waals surface area contributed by atoms with E-state index in [0.29, 0.717) is 12.8 Å². The van der Waals surface area contributed by atoms with E-state index in [4.69, 9.17) is 14.2 Å². The van der Waals surface area contributed by atoms with Gasteiger partial charge in [0.1, 0.15) is 24.5 Å². The van der Waals surface area contributed by atoms with Gasteiger partial charge in [-0.15, -0.1) is 0 Å². The fourth-order valence-corrected chi connectivity index (χ4v) is 3.60. The number of aromatic amines is 1. The molecule has 4 atom stereocenters. The van der Waals surface area contributed by atoms with E-state index >= 15 is 0 Å². The molecule has 1 unspecified atom stereocenters. The maximum atomic E-state index is 12.2. The molecule has 34 heavy (non-hydrogen) atoms. The van der Waals surface area contributed by atoms with Gasteiger partial charge in [-0.1, -0.05) is 15.9 Å². The van der Waals surface area contributed by atoms with Gasteiger partial charge in [-0.3, -0.25) is 19.1 Å². The number of nitrogens with one attached hydrogen (secondary N) is 2. The molecule has 3 N–H and O–H groups in total. The number of rotatable bonds is 9. The maximum absolute atomic E-state index is 12.2. The smallest absolute Gasteiger partial charge is 0.407 e. The summed E-state index contributed by atoms with van der Waals surface area (Å²) in [6, 6.07) is -0.177. The molecule has 1 aliphatic rings. The Morgan fingerprint density at radius 1 is 1.41 bits per heavy atom. The molecule has 12 heteroatoms. The van der Waals surface area contributed by atoms with Crippen LogP contribution >= 0.6 is 15.9 Å². The summed E-state index contributed by atoms with van der Waals surface area (Å²) in [5.41, 5.74) is -1.56. The monoisotopic (exact) mass is 545 g/mol. The summed E-state index contributed by atoms with van der Waals surface area (Å²) < 4.78 is 17.3. The quantitative estimate of drug-likeness (QED) is 0.399. The summed E-state index contributed by atoms with van der Waals surface area (Å²) in [5.74, 6) is -0.463. The van der Waals surface area contributed by atoms with Crippen molar-refractivity contribution in [2.75, 3.05) is 6.61 Å². The van der Waals surface area contributed by atoms with Gasteiger partial charge in [0.15, 0.2) is 0 Å². The van der Waals surface area contributed by atoms with Gasteiger partial charge in [-0.2, -0.15) is 0 Å². The lowest BCUT2D eigenvalue weighted by molar-refractivity contribution is -0.150. The van der Waals surface area contributed by atoms with Crippen LogP contribution in [0, 0.1) is 0 Å². The zero-order valence-electron chi connectivity index (χ0n) is 19.7. The highest BCUT2D eigenvalue weighted by Gasteiger charge is 2.36. The first-order valence-electron chi connectivity index (χ1n) is 11.0. The van der Waals surface area contributed by atoms with Crippen LogP contribution in [0.3, 0.4) is 0 Å². The molecule has 2 rings (SSSR count). The van der Waals surface area contributed by atoms with Crippen LogP contribution in [0.1, 0.15) is 65.2 Å². The van der Waals surface area contributed by atoms with Gasteiger partial charge in [0, 0.05) is 25.1 Å². The van der Waals surface area contributed by atoms with Gasteiger partial charge in [0.2, 0.25) is 0 Å². The molecule has 1 fully saturated rings. The Morgan fingerprint density at radius 2 is 2.12 bits per heavy atom. The molecule has 0 aliphatic carbocycles. The Bertz CT molecular complexity index is 997. The van der Waals surface area contributed by atoms with Gasteiger partial charge in [-0.25, -0.2) is 9.59 Å². The van der Waals surface area contributed by atoms with Gasteiger partial charge in [-0.05, 0) is 51.6 Å². The van der Waals surface area contributed by atoms with Crippen molar-refractivity contribution in [2.45, 2.75) is 83.5 Å². The molecule has 11 nitrogen and oxygen atoms in total. The number of carbonyl (C=O) groups excluding carboxylic acids is 2. The minimum Gasteiger partial charge on any atom is -0.463 e. The lowest BCUT2D eigenvalue weighted by Gasteiger charge is -2.22. The Kier molecular flexibility index (Phi) is 10.1. The maximum Gasteiger partial charge on any atom is 0.407 e. The van der Waals surface area contributed by atoms with E-state index in [2.05, 4.69) is 26.2 Å². The fraction of sp³-hybridized carbons (Fsp3) is 0.636. The van der Waals surface area contributed by atoms with Crippen molar-refractivity contribution < 1.29 is 28.9 Å². The highest BCUT2D eigenvalue weighted by Crippen LogP contribution is 2.28. The van der Waals surface area contributed by atoms with E-state index in [1.807, 2.05) is 6.92 Å². The minimum absolute atomic E-state index is 0.0967. The normalized spacial score (nSPS) is 21.4.